The average molecular weight is 219 g/mol. The van der Waals surface area contributed by atoms with Gasteiger partial charge in [-0.1, -0.05) is 6.92 Å². The molecule has 0 aliphatic rings. The van der Waals surface area contributed by atoms with Gasteiger partial charge in [-0.25, -0.2) is 0 Å². The molecule has 2 nitrogen and oxygen atoms in total. The summed E-state index contributed by atoms with van der Waals surface area (Å²) in [6, 6.07) is 0.625. The van der Waals surface area contributed by atoms with Gasteiger partial charge in [0.05, 0.1) is 5.60 Å². The zero-order valence-corrected chi connectivity index (χ0v) is 10.9. The summed E-state index contributed by atoms with van der Waals surface area (Å²) in [5.41, 5.74) is -0.633. The Morgan fingerprint density at radius 2 is 1.93 bits per heavy atom. The first-order chi connectivity index (χ1) is 6.38. The van der Waals surface area contributed by atoms with Crippen LogP contribution in [0.3, 0.4) is 0 Å². The van der Waals surface area contributed by atoms with Gasteiger partial charge >= 0.3 is 0 Å². The summed E-state index contributed by atoms with van der Waals surface area (Å²) in [6.07, 6.45) is 1.17. The van der Waals surface area contributed by atoms with E-state index < -0.39 is 5.60 Å². The number of nitrogens with one attached hydrogen (secondary N) is 1. The molecule has 2 atom stereocenters. The van der Waals surface area contributed by atoms with Crippen LogP contribution in [-0.4, -0.2) is 34.3 Å². The molecule has 86 valence electrons. The molecule has 0 saturated heterocycles. The second-order valence-corrected chi connectivity index (χ2v) is 5.82. The Balaban J connectivity index is 3.66. The molecule has 0 amide bonds. The minimum Gasteiger partial charge on any atom is -0.389 e. The molecule has 0 aromatic carbocycles. The van der Waals surface area contributed by atoms with Crippen molar-refractivity contribution in [3.63, 3.8) is 0 Å². The second kappa shape index (κ2) is 6.70. The summed E-state index contributed by atoms with van der Waals surface area (Å²) in [5, 5.41) is 13.2. The molecule has 0 aromatic heterocycles. The highest BCUT2D eigenvalue weighted by molar-refractivity contribution is 7.99. The molecule has 0 spiro atoms. The number of rotatable bonds is 7. The smallest absolute Gasteiger partial charge is 0.0741 e. The molecule has 3 heteroatoms. The van der Waals surface area contributed by atoms with Crippen molar-refractivity contribution in [1.29, 1.82) is 0 Å². The summed E-state index contributed by atoms with van der Waals surface area (Å²) in [7, 11) is 0. The Bertz CT molecular complexity index is 145. The van der Waals surface area contributed by atoms with E-state index in [0.717, 1.165) is 0 Å². The fraction of sp³-hybridized carbons (Fsp3) is 1.00. The molecule has 2 unspecified atom stereocenters. The fourth-order valence-corrected chi connectivity index (χ4v) is 1.93. The highest BCUT2D eigenvalue weighted by atomic mass is 32.2. The molecule has 0 aromatic rings. The molecule has 0 rings (SSSR count). The lowest BCUT2D eigenvalue weighted by Gasteiger charge is -2.29. The summed E-state index contributed by atoms with van der Waals surface area (Å²) in [6.45, 7) is 10.1. The second-order valence-electron chi connectivity index (χ2n) is 4.43. The lowest BCUT2D eigenvalue weighted by Crippen LogP contribution is -2.48. The van der Waals surface area contributed by atoms with Gasteiger partial charge in [0.15, 0.2) is 0 Å². The highest BCUT2D eigenvalue weighted by Crippen LogP contribution is 2.10. The summed E-state index contributed by atoms with van der Waals surface area (Å²) < 4.78 is 0. The van der Waals surface area contributed by atoms with Crippen LogP contribution < -0.4 is 5.32 Å². The minimum absolute atomic E-state index is 0.143. The van der Waals surface area contributed by atoms with E-state index in [1.165, 1.54) is 17.9 Å². The molecular formula is C11H25NOS. The predicted molar refractivity (Wildman–Crippen MR) is 66.0 cm³/mol. The van der Waals surface area contributed by atoms with Crippen LogP contribution >= 0.6 is 11.8 Å². The molecule has 0 aliphatic heterocycles. The van der Waals surface area contributed by atoms with Crippen molar-refractivity contribution in [2.24, 2.45) is 0 Å². The van der Waals surface area contributed by atoms with Crippen molar-refractivity contribution < 1.29 is 5.11 Å². The van der Waals surface area contributed by atoms with Gasteiger partial charge in [0.25, 0.3) is 0 Å². The van der Waals surface area contributed by atoms with Crippen LogP contribution in [0.15, 0.2) is 0 Å². The third-order valence-electron chi connectivity index (χ3n) is 2.49. The van der Waals surface area contributed by atoms with Gasteiger partial charge in [-0.05, 0) is 45.6 Å². The van der Waals surface area contributed by atoms with Gasteiger partial charge in [-0.2, -0.15) is 11.8 Å². The van der Waals surface area contributed by atoms with E-state index >= 15 is 0 Å². The average Bonchev–Trinajstić information content (AvgIpc) is 2.03. The first-order valence-electron chi connectivity index (χ1n) is 5.44. The Hall–Kier alpha value is 0.270. The van der Waals surface area contributed by atoms with Crippen LogP contribution in [0, 0.1) is 0 Å². The van der Waals surface area contributed by atoms with Crippen molar-refractivity contribution >= 4 is 11.8 Å². The third-order valence-corrected chi connectivity index (χ3v) is 3.43. The van der Waals surface area contributed by atoms with E-state index in [4.69, 9.17) is 0 Å². The highest BCUT2D eigenvalue weighted by Gasteiger charge is 2.22. The Labute approximate surface area is 92.9 Å². The molecule has 0 radical (unpaired) electrons. The third kappa shape index (κ3) is 6.68. The zero-order chi connectivity index (χ0) is 11.2. The topological polar surface area (TPSA) is 32.3 Å². The Kier molecular flexibility index (Phi) is 6.83. The van der Waals surface area contributed by atoms with Gasteiger partial charge in [0.2, 0.25) is 0 Å². The van der Waals surface area contributed by atoms with Crippen LogP contribution in [-0.2, 0) is 0 Å². The Morgan fingerprint density at radius 3 is 2.36 bits per heavy atom. The fourth-order valence-electron chi connectivity index (χ4n) is 1.12. The molecular weight excluding hydrogens is 194 g/mol. The molecule has 0 saturated carbocycles. The standard InChI is InChI=1S/C11H25NOS/c1-6-14-8-7-9(2)12-10(3)11(4,5)13/h9-10,12-13H,6-8H2,1-5H3. The van der Waals surface area contributed by atoms with E-state index in [9.17, 15) is 5.11 Å². The van der Waals surface area contributed by atoms with Crippen LogP contribution in [0.4, 0.5) is 0 Å². The van der Waals surface area contributed by atoms with Crippen LogP contribution in [0.5, 0.6) is 0 Å². The van der Waals surface area contributed by atoms with Gasteiger partial charge in [0.1, 0.15) is 0 Å². The number of hydrogen-bond donors (Lipinski definition) is 2. The summed E-state index contributed by atoms with van der Waals surface area (Å²) in [4.78, 5) is 0. The molecule has 0 aliphatic carbocycles. The van der Waals surface area contributed by atoms with Crippen molar-refractivity contribution in [3.05, 3.63) is 0 Å². The quantitative estimate of drug-likeness (QED) is 0.644. The van der Waals surface area contributed by atoms with E-state index in [-0.39, 0.29) is 6.04 Å². The maximum absolute atomic E-state index is 9.74. The SMILES string of the molecule is CCSCCC(C)NC(C)C(C)(C)O. The number of thioether (sulfide) groups is 1. The van der Waals surface area contributed by atoms with Crippen molar-refractivity contribution in [1.82, 2.24) is 5.32 Å². The van der Waals surface area contributed by atoms with Crippen molar-refractivity contribution in [2.45, 2.75) is 58.7 Å². The number of aliphatic hydroxyl groups is 1. The van der Waals surface area contributed by atoms with Gasteiger partial charge in [0, 0.05) is 12.1 Å². The lowest BCUT2D eigenvalue weighted by atomic mass is 10.00. The van der Waals surface area contributed by atoms with Crippen LogP contribution in [0.1, 0.15) is 41.0 Å². The van der Waals surface area contributed by atoms with Crippen LogP contribution in [0.2, 0.25) is 0 Å². The molecule has 0 heterocycles. The van der Waals surface area contributed by atoms with Crippen molar-refractivity contribution in [2.75, 3.05) is 11.5 Å². The van der Waals surface area contributed by atoms with Gasteiger partial charge in [-0.3, -0.25) is 0 Å². The predicted octanol–water partition coefficient (Wildman–Crippen LogP) is 2.27. The summed E-state index contributed by atoms with van der Waals surface area (Å²) >= 11 is 1.97. The number of hydrogen-bond acceptors (Lipinski definition) is 3. The molecule has 14 heavy (non-hydrogen) atoms. The van der Waals surface area contributed by atoms with E-state index in [2.05, 4.69) is 19.2 Å². The van der Waals surface area contributed by atoms with Gasteiger partial charge < -0.3 is 10.4 Å². The van der Waals surface area contributed by atoms with Crippen molar-refractivity contribution in [3.8, 4) is 0 Å². The van der Waals surface area contributed by atoms with E-state index in [1.54, 1.807) is 0 Å². The molecule has 0 fully saturated rings. The normalized spacial score (nSPS) is 16.7. The first-order valence-corrected chi connectivity index (χ1v) is 6.59. The monoisotopic (exact) mass is 219 g/mol. The maximum atomic E-state index is 9.74. The summed E-state index contributed by atoms with van der Waals surface area (Å²) in [5.74, 6) is 2.39. The zero-order valence-electron chi connectivity index (χ0n) is 10.1. The molecule has 0 bridgehead atoms. The van der Waals surface area contributed by atoms with E-state index in [0.29, 0.717) is 6.04 Å². The Morgan fingerprint density at radius 1 is 1.36 bits per heavy atom. The lowest BCUT2D eigenvalue weighted by molar-refractivity contribution is 0.0405. The minimum atomic E-state index is -0.633. The van der Waals surface area contributed by atoms with E-state index in [1.807, 2.05) is 32.5 Å². The largest absolute Gasteiger partial charge is 0.389 e. The maximum Gasteiger partial charge on any atom is 0.0741 e. The van der Waals surface area contributed by atoms with Gasteiger partial charge in [-0.15, -0.1) is 0 Å². The van der Waals surface area contributed by atoms with Crippen LogP contribution in [0.25, 0.3) is 0 Å². The first kappa shape index (κ1) is 14.3. The molecule has 2 N–H and O–H groups in total.